The van der Waals surface area contributed by atoms with E-state index in [4.69, 9.17) is 4.74 Å². The first-order valence-corrected chi connectivity index (χ1v) is 14.0. The first-order chi connectivity index (χ1) is 18.6. The summed E-state index contributed by atoms with van der Waals surface area (Å²) in [5.41, 5.74) is 3.15. The molecule has 10 heteroatoms. The average molecular weight is 547 g/mol. The van der Waals surface area contributed by atoms with Crippen LogP contribution in [0.5, 0.6) is 0 Å². The van der Waals surface area contributed by atoms with Gasteiger partial charge >= 0.3 is 0 Å². The Hall–Kier alpha value is -3.73. The van der Waals surface area contributed by atoms with Crippen LogP contribution in [0.4, 0.5) is 5.69 Å². The number of hydrogen-bond acceptors (Lipinski definition) is 7. The molecule has 3 amide bonds. The number of fused-ring (bicyclic) bond motifs is 1. The number of carbonyl (C=O) groups excluding carboxylic acids is 3. The topological polar surface area (TPSA) is 101 Å². The lowest BCUT2D eigenvalue weighted by Crippen LogP contribution is -2.41. The summed E-state index contributed by atoms with van der Waals surface area (Å²) in [5, 5.41) is 5.83. The molecule has 38 heavy (non-hydrogen) atoms. The molecular weight excluding hydrogens is 520 g/mol. The molecule has 0 atom stereocenters. The van der Waals surface area contributed by atoms with Gasteiger partial charge in [0.25, 0.3) is 11.8 Å². The summed E-state index contributed by atoms with van der Waals surface area (Å²) >= 11 is 2.85. The van der Waals surface area contributed by atoms with E-state index in [1.54, 1.807) is 35.2 Å². The van der Waals surface area contributed by atoms with Crippen LogP contribution in [0.15, 0.2) is 77.1 Å². The predicted molar refractivity (Wildman–Crippen MR) is 150 cm³/mol. The highest BCUT2D eigenvalue weighted by molar-refractivity contribution is 8.01. The number of thiazole rings is 1. The van der Waals surface area contributed by atoms with Gasteiger partial charge in [-0.05, 0) is 35.9 Å². The molecule has 5 rings (SSSR count). The first-order valence-electron chi connectivity index (χ1n) is 12.2. The fraction of sp³-hybridized carbons (Fsp3) is 0.214. The molecule has 1 fully saturated rings. The largest absolute Gasteiger partial charge is 0.378 e. The van der Waals surface area contributed by atoms with Crippen LogP contribution >= 0.6 is 23.1 Å². The van der Waals surface area contributed by atoms with Crippen molar-refractivity contribution in [2.75, 3.05) is 37.4 Å². The van der Waals surface area contributed by atoms with E-state index in [9.17, 15) is 14.4 Å². The Morgan fingerprint density at radius 1 is 0.947 bits per heavy atom. The molecule has 0 bridgehead atoms. The Labute approximate surface area is 228 Å². The summed E-state index contributed by atoms with van der Waals surface area (Å²) < 4.78 is 7.01. The van der Waals surface area contributed by atoms with Gasteiger partial charge in [-0.15, -0.1) is 11.3 Å². The molecule has 0 unspecified atom stereocenters. The number of hydrogen-bond donors (Lipinski definition) is 2. The maximum atomic E-state index is 13.1. The van der Waals surface area contributed by atoms with Crippen molar-refractivity contribution in [1.82, 2.24) is 15.2 Å². The van der Waals surface area contributed by atoms with E-state index >= 15 is 0 Å². The minimum Gasteiger partial charge on any atom is -0.378 e. The SMILES string of the molecule is O=C(CSc1nc2ccc(NC(=O)c3ccccc3C(=O)N3CCOCC3)cc2s1)NCc1ccccc1. The zero-order valence-electron chi connectivity index (χ0n) is 20.5. The van der Waals surface area contributed by atoms with Gasteiger partial charge in [0.05, 0.1) is 40.3 Å². The van der Waals surface area contributed by atoms with Gasteiger partial charge in [-0.1, -0.05) is 54.2 Å². The van der Waals surface area contributed by atoms with Crippen LogP contribution in [0.2, 0.25) is 0 Å². The Kier molecular flexibility index (Phi) is 8.32. The molecule has 1 aliphatic rings. The normalized spacial score (nSPS) is 13.3. The van der Waals surface area contributed by atoms with Crippen molar-refractivity contribution in [3.05, 3.63) is 89.5 Å². The Bertz CT molecular complexity index is 1450. The molecule has 2 heterocycles. The van der Waals surface area contributed by atoms with Crippen LogP contribution in [0.3, 0.4) is 0 Å². The van der Waals surface area contributed by atoms with Crippen molar-refractivity contribution in [3.63, 3.8) is 0 Å². The van der Waals surface area contributed by atoms with Gasteiger partial charge in [0.1, 0.15) is 0 Å². The lowest BCUT2D eigenvalue weighted by atomic mass is 10.0. The third kappa shape index (κ3) is 6.39. The number of ether oxygens (including phenoxy) is 1. The number of nitrogens with one attached hydrogen (secondary N) is 2. The van der Waals surface area contributed by atoms with Crippen molar-refractivity contribution < 1.29 is 19.1 Å². The number of carbonyl (C=O) groups is 3. The molecule has 1 saturated heterocycles. The number of rotatable bonds is 8. The summed E-state index contributed by atoms with van der Waals surface area (Å²) in [7, 11) is 0. The lowest BCUT2D eigenvalue weighted by molar-refractivity contribution is -0.118. The number of anilines is 1. The van der Waals surface area contributed by atoms with Crippen molar-refractivity contribution in [2.45, 2.75) is 10.9 Å². The van der Waals surface area contributed by atoms with Crippen molar-refractivity contribution >= 4 is 56.7 Å². The first kappa shape index (κ1) is 25.9. The number of morpholine rings is 1. The molecule has 3 aromatic carbocycles. The van der Waals surface area contributed by atoms with E-state index in [0.29, 0.717) is 49.7 Å². The molecule has 1 aromatic heterocycles. The van der Waals surface area contributed by atoms with Crippen LogP contribution < -0.4 is 10.6 Å². The van der Waals surface area contributed by atoms with Crippen molar-refractivity contribution in [3.8, 4) is 0 Å². The van der Waals surface area contributed by atoms with Gasteiger partial charge in [0, 0.05) is 25.3 Å². The van der Waals surface area contributed by atoms with E-state index in [1.165, 1.54) is 23.1 Å². The summed E-state index contributed by atoms with van der Waals surface area (Å²) in [6.07, 6.45) is 0. The van der Waals surface area contributed by atoms with Gasteiger partial charge in [0.2, 0.25) is 5.91 Å². The van der Waals surface area contributed by atoms with Gasteiger partial charge < -0.3 is 20.3 Å². The maximum Gasteiger partial charge on any atom is 0.256 e. The molecule has 1 aliphatic heterocycles. The number of thioether (sulfide) groups is 1. The average Bonchev–Trinajstić information content (AvgIpc) is 3.38. The predicted octanol–water partition coefficient (Wildman–Crippen LogP) is 4.43. The van der Waals surface area contributed by atoms with E-state index in [2.05, 4.69) is 15.6 Å². The van der Waals surface area contributed by atoms with E-state index in [1.807, 2.05) is 42.5 Å². The van der Waals surface area contributed by atoms with Crippen LogP contribution in [0, 0.1) is 0 Å². The molecule has 4 aromatic rings. The van der Waals surface area contributed by atoms with E-state index in [0.717, 1.165) is 20.1 Å². The molecule has 0 saturated carbocycles. The van der Waals surface area contributed by atoms with Crippen LogP contribution in [-0.2, 0) is 16.1 Å². The lowest BCUT2D eigenvalue weighted by Gasteiger charge is -2.27. The van der Waals surface area contributed by atoms with Crippen molar-refractivity contribution in [1.29, 1.82) is 0 Å². The summed E-state index contributed by atoms with van der Waals surface area (Å²) in [6.45, 7) is 2.49. The Morgan fingerprint density at radius 2 is 1.68 bits per heavy atom. The zero-order chi connectivity index (χ0) is 26.3. The monoisotopic (exact) mass is 546 g/mol. The van der Waals surface area contributed by atoms with Gasteiger partial charge in [-0.3, -0.25) is 14.4 Å². The second-order valence-corrected chi connectivity index (χ2v) is 10.9. The Morgan fingerprint density at radius 3 is 2.47 bits per heavy atom. The van der Waals surface area contributed by atoms with Crippen LogP contribution in [0.25, 0.3) is 10.2 Å². The fourth-order valence-corrected chi connectivity index (χ4v) is 5.96. The third-order valence-electron chi connectivity index (χ3n) is 5.99. The summed E-state index contributed by atoms with van der Waals surface area (Å²) in [5.74, 6) is -0.317. The smallest absolute Gasteiger partial charge is 0.256 e. The Balaban J connectivity index is 1.21. The number of aromatic nitrogens is 1. The minimum absolute atomic E-state index is 0.0589. The second-order valence-electron chi connectivity index (χ2n) is 8.62. The number of amides is 3. The number of benzene rings is 3. The zero-order valence-corrected chi connectivity index (χ0v) is 22.1. The maximum absolute atomic E-state index is 13.1. The molecule has 8 nitrogen and oxygen atoms in total. The second kappa shape index (κ2) is 12.2. The highest BCUT2D eigenvalue weighted by Crippen LogP contribution is 2.31. The van der Waals surface area contributed by atoms with Crippen LogP contribution in [0.1, 0.15) is 26.3 Å². The van der Waals surface area contributed by atoms with Gasteiger partial charge in [-0.25, -0.2) is 4.98 Å². The van der Waals surface area contributed by atoms with Gasteiger partial charge in [-0.2, -0.15) is 0 Å². The fourth-order valence-electron chi connectivity index (χ4n) is 4.02. The van der Waals surface area contributed by atoms with E-state index in [-0.39, 0.29) is 23.5 Å². The molecule has 0 aliphatic carbocycles. The quantitative estimate of drug-likeness (QED) is 0.317. The highest BCUT2D eigenvalue weighted by Gasteiger charge is 2.23. The van der Waals surface area contributed by atoms with Crippen molar-refractivity contribution in [2.24, 2.45) is 0 Å². The molecule has 0 radical (unpaired) electrons. The third-order valence-corrected chi connectivity index (χ3v) is 8.15. The summed E-state index contributed by atoms with van der Waals surface area (Å²) in [4.78, 5) is 44.7. The minimum atomic E-state index is -0.351. The van der Waals surface area contributed by atoms with E-state index < -0.39 is 0 Å². The van der Waals surface area contributed by atoms with Gasteiger partial charge in [0.15, 0.2) is 4.34 Å². The molecule has 2 N–H and O–H groups in total. The molecule has 194 valence electrons. The standard InChI is InChI=1S/C28H26N4O4S2/c33-25(29-17-19-6-2-1-3-7-19)18-37-28-31-23-11-10-20(16-24(23)38-28)30-26(34)21-8-4-5-9-22(21)27(35)32-12-14-36-15-13-32/h1-11,16H,12-15,17-18H2,(H,29,33)(H,30,34). The summed E-state index contributed by atoms with van der Waals surface area (Å²) in [6, 6.07) is 22.1. The highest BCUT2D eigenvalue weighted by atomic mass is 32.2. The molecule has 0 spiro atoms. The molecular formula is C28H26N4O4S2. The van der Waals surface area contributed by atoms with Crippen LogP contribution in [-0.4, -0.2) is 59.7 Å². The number of nitrogens with zero attached hydrogens (tertiary/aromatic N) is 2.